The Morgan fingerprint density at radius 2 is 1.31 bits per heavy atom. The molecule has 0 aliphatic carbocycles. The molecule has 8 heteroatoms. The van der Waals surface area contributed by atoms with Crippen molar-refractivity contribution in [2.45, 2.75) is 19.4 Å². The molecule has 0 spiro atoms. The second-order valence-electron chi connectivity index (χ2n) is 8.44. The number of ketones is 2. The van der Waals surface area contributed by atoms with Crippen LogP contribution in [0.15, 0.2) is 78.9 Å². The lowest BCUT2D eigenvalue weighted by atomic mass is 9.96. The van der Waals surface area contributed by atoms with Gasteiger partial charge in [0.1, 0.15) is 5.54 Å². The van der Waals surface area contributed by atoms with Gasteiger partial charge in [0, 0.05) is 11.1 Å². The number of anilines is 2. The predicted octanol–water partition coefficient (Wildman–Crippen LogP) is 3.67. The monoisotopic (exact) mass is 470 g/mol. The summed E-state index contributed by atoms with van der Waals surface area (Å²) < 4.78 is 5.19. The minimum atomic E-state index is -1.19. The van der Waals surface area contributed by atoms with Crippen LogP contribution >= 0.6 is 0 Å². The van der Waals surface area contributed by atoms with Crippen LogP contribution in [-0.4, -0.2) is 41.5 Å². The normalized spacial score (nSPS) is 13.9. The van der Waals surface area contributed by atoms with E-state index in [-0.39, 0.29) is 22.6 Å². The third-order valence-corrected chi connectivity index (χ3v) is 5.71. The fourth-order valence-corrected chi connectivity index (χ4v) is 3.78. The summed E-state index contributed by atoms with van der Waals surface area (Å²) >= 11 is 0. The first kappa shape index (κ1) is 23.6. The fraction of sp³-hybridized carbons (Fsp3) is 0.148. The number of benzene rings is 3. The number of ether oxygens (including phenoxy) is 1. The van der Waals surface area contributed by atoms with E-state index in [0.29, 0.717) is 11.4 Å². The van der Waals surface area contributed by atoms with Gasteiger partial charge in [-0.2, -0.15) is 0 Å². The topological polar surface area (TPSA) is 110 Å². The number of esters is 1. The molecule has 0 saturated heterocycles. The van der Waals surface area contributed by atoms with Crippen molar-refractivity contribution in [2.24, 2.45) is 0 Å². The summed E-state index contributed by atoms with van der Waals surface area (Å²) in [7, 11) is 0. The van der Waals surface area contributed by atoms with Crippen LogP contribution in [0.3, 0.4) is 0 Å². The molecule has 3 aromatic carbocycles. The highest BCUT2D eigenvalue weighted by Gasteiger charge is 2.43. The number of para-hydroxylation sites is 2. The van der Waals surface area contributed by atoms with E-state index in [1.807, 2.05) is 0 Å². The summed E-state index contributed by atoms with van der Waals surface area (Å²) in [4.78, 5) is 64.1. The zero-order valence-corrected chi connectivity index (χ0v) is 19.1. The summed E-state index contributed by atoms with van der Waals surface area (Å²) in [5, 5.41) is 2.77. The van der Waals surface area contributed by atoms with Crippen LogP contribution in [0.5, 0.6) is 0 Å². The summed E-state index contributed by atoms with van der Waals surface area (Å²) in [5.74, 6) is -3.05. The maximum Gasteiger partial charge on any atom is 0.338 e. The van der Waals surface area contributed by atoms with Gasteiger partial charge in [0.15, 0.2) is 6.61 Å². The van der Waals surface area contributed by atoms with E-state index >= 15 is 0 Å². The standard InChI is InChI=1S/C27H22N2O6/c1-27(2)26(34)28-20-10-6-7-11-21(20)29(27)22(30)16-35-25(33)19-14-12-18(13-15-19)24(32)23(31)17-8-4-3-5-9-17/h3-15H,16H2,1-2H3,(H,28,34). The number of hydrogen-bond acceptors (Lipinski definition) is 6. The summed E-state index contributed by atoms with van der Waals surface area (Å²) in [6.45, 7) is 2.62. The zero-order chi connectivity index (χ0) is 25.2. The number of Topliss-reactive ketones (excluding diaryl/α,β-unsaturated/α-hetero) is 2. The van der Waals surface area contributed by atoms with E-state index < -0.39 is 35.6 Å². The van der Waals surface area contributed by atoms with E-state index in [1.165, 1.54) is 29.2 Å². The second kappa shape index (κ2) is 9.34. The first-order valence-corrected chi connectivity index (χ1v) is 10.8. The molecule has 4 rings (SSSR count). The molecule has 1 heterocycles. The summed E-state index contributed by atoms with van der Waals surface area (Å²) in [6.07, 6.45) is 0. The molecule has 3 aromatic rings. The number of nitrogens with zero attached hydrogens (tertiary/aromatic N) is 1. The van der Waals surface area contributed by atoms with Gasteiger partial charge in [-0.1, -0.05) is 54.6 Å². The average Bonchev–Trinajstić information content (AvgIpc) is 2.87. The Balaban J connectivity index is 1.43. The van der Waals surface area contributed by atoms with Gasteiger partial charge in [0.25, 0.3) is 5.91 Å². The molecule has 0 aromatic heterocycles. The van der Waals surface area contributed by atoms with Gasteiger partial charge in [-0.05, 0) is 38.1 Å². The first-order valence-electron chi connectivity index (χ1n) is 10.8. The minimum absolute atomic E-state index is 0.109. The molecule has 2 amide bonds. The number of fused-ring (bicyclic) bond motifs is 1. The molecular weight excluding hydrogens is 448 g/mol. The lowest BCUT2D eigenvalue weighted by molar-refractivity contribution is -0.128. The fourth-order valence-electron chi connectivity index (χ4n) is 3.78. The van der Waals surface area contributed by atoms with Crippen molar-refractivity contribution in [1.82, 2.24) is 0 Å². The van der Waals surface area contributed by atoms with Gasteiger partial charge in [-0.15, -0.1) is 0 Å². The Morgan fingerprint density at radius 1 is 0.771 bits per heavy atom. The maximum absolute atomic E-state index is 13.0. The Kier molecular flexibility index (Phi) is 6.29. The first-order chi connectivity index (χ1) is 16.7. The van der Waals surface area contributed by atoms with E-state index in [4.69, 9.17) is 4.74 Å². The van der Waals surface area contributed by atoms with Crippen LogP contribution in [0, 0.1) is 0 Å². The van der Waals surface area contributed by atoms with Crippen LogP contribution in [0.2, 0.25) is 0 Å². The Labute approximate surface area is 201 Å². The quantitative estimate of drug-likeness (QED) is 0.334. The zero-order valence-electron chi connectivity index (χ0n) is 19.1. The number of carbonyl (C=O) groups is 5. The van der Waals surface area contributed by atoms with Crippen molar-refractivity contribution < 1.29 is 28.7 Å². The lowest BCUT2D eigenvalue weighted by Gasteiger charge is -2.41. The van der Waals surface area contributed by atoms with Crippen LogP contribution in [0.1, 0.15) is 44.9 Å². The van der Waals surface area contributed by atoms with Gasteiger partial charge in [0.2, 0.25) is 17.5 Å². The smallest absolute Gasteiger partial charge is 0.338 e. The van der Waals surface area contributed by atoms with Gasteiger partial charge in [-0.3, -0.25) is 24.1 Å². The largest absolute Gasteiger partial charge is 0.452 e. The molecule has 0 saturated carbocycles. The molecule has 1 aliphatic rings. The molecule has 0 unspecified atom stereocenters. The maximum atomic E-state index is 13.0. The highest BCUT2D eigenvalue weighted by Crippen LogP contribution is 2.36. The molecule has 0 radical (unpaired) electrons. The van der Waals surface area contributed by atoms with Crippen LogP contribution in [-0.2, 0) is 14.3 Å². The molecule has 8 nitrogen and oxygen atoms in total. The lowest BCUT2D eigenvalue weighted by Crippen LogP contribution is -2.59. The third kappa shape index (κ3) is 4.59. The van der Waals surface area contributed by atoms with Crippen molar-refractivity contribution in [3.63, 3.8) is 0 Å². The van der Waals surface area contributed by atoms with Crippen molar-refractivity contribution in [3.8, 4) is 0 Å². The minimum Gasteiger partial charge on any atom is -0.452 e. The molecular formula is C27H22N2O6. The molecule has 1 N–H and O–H groups in total. The Bertz CT molecular complexity index is 1330. The Hall–Kier alpha value is -4.59. The molecule has 0 bridgehead atoms. The van der Waals surface area contributed by atoms with Crippen LogP contribution in [0.25, 0.3) is 0 Å². The van der Waals surface area contributed by atoms with Gasteiger partial charge < -0.3 is 10.1 Å². The number of carbonyl (C=O) groups excluding carboxylic acids is 5. The van der Waals surface area contributed by atoms with E-state index in [0.717, 1.165) is 0 Å². The summed E-state index contributed by atoms with van der Waals surface area (Å²) in [5.41, 5.74) is 0.313. The number of hydrogen-bond donors (Lipinski definition) is 1. The van der Waals surface area contributed by atoms with Crippen molar-refractivity contribution >= 4 is 40.7 Å². The molecule has 1 aliphatic heterocycles. The van der Waals surface area contributed by atoms with E-state index in [2.05, 4.69) is 5.32 Å². The van der Waals surface area contributed by atoms with E-state index in [9.17, 15) is 24.0 Å². The van der Waals surface area contributed by atoms with Crippen LogP contribution < -0.4 is 10.2 Å². The van der Waals surface area contributed by atoms with Gasteiger partial charge in [-0.25, -0.2) is 4.79 Å². The second-order valence-corrected chi connectivity index (χ2v) is 8.44. The SMILES string of the molecule is CC1(C)C(=O)Nc2ccccc2N1C(=O)COC(=O)c1ccc(C(=O)C(=O)c2ccccc2)cc1. The van der Waals surface area contributed by atoms with Crippen molar-refractivity contribution in [3.05, 3.63) is 95.6 Å². The highest BCUT2D eigenvalue weighted by atomic mass is 16.5. The molecule has 0 atom stereocenters. The molecule has 0 fully saturated rings. The molecule has 176 valence electrons. The molecule has 35 heavy (non-hydrogen) atoms. The number of amides is 2. The highest BCUT2D eigenvalue weighted by molar-refractivity contribution is 6.49. The third-order valence-electron chi connectivity index (χ3n) is 5.71. The number of nitrogens with one attached hydrogen (secondary N) is 1. The summed E-state index contributed by atoms with van der Waals surface area (Å²) in [6, 6.07) is 20.4. The van der Waals surface area contributed by atoms with E-state index in [1.54, 1.807) is 68.4 Å². The van der Waals surface area contributed by atoms with Crippen molar-refractivity contribution in [2.75, 3.05) is 16.8 Å². The van der Waals surface area contributed by atoms with Crippen LogP contribution in [0.4, 0.5) is 11.4 Å². The average molecular weight is 470 g/mol. The van der Waals surface area contributed by atoms with Gasteiger partial charge in [0.05, 0.1) is 16.9 Å². The van der Waals surface area contributed by atoms with Crippen molar-refractivity contribution in [1.29, 1.82) is 0 Å². The number of rotatable bonds is 6. The predicted molar refractivity (Wildman–Crippen MR) is 128 cm³/mol. The van der Waals surface area contributed by atoms with Gasteiger partial charge >= 0.3 is 5.97 Å². The Morgan fingerprint density at radius 3 is 1.97 bits per heavy atom.